The zero-order chi connectivity index (χ0) is 16.5. The fourth-order valence-electron chi connectivity index (χ4n) is 2.51. The molecule has 24 heavy (non-hydrogen) atoms. The number of likely N-dealkylation sites (tertiary alicyclic amines) is 1. The molecular formula is C16H12BrN5O2. The summed E-state index contributed by atoms with van der Waals surface area (Å²) in [5.74, 6) is 1.33. The molecule has 0 spiro atoms. The van der Waals surface area contributed by atoms with Crippen LogP contribution in [-0.4, -0.2) is 44.0 Å². The van der Waals surface area contributed by atoms with Crippen molar-refractivity contribution >= 4 is 21.8 Å². The summed E-state index contributed by atoms with van der Waals surface area (Å²) in [4.78, 5) is 26.7. The molecule has 120 valence electrons. The van der Waals surface area contributed by atoms with E-state index in [0.29, 0.717) is 36.2 Å². The van der Waals surface area contributed by atoms with Gasteiger partial charge in [0.2, 0.25) is 17.5 Å². The van der Waals surface area contributed by atoms with Crippen molar-refractivity contribution in [2.24, 2.45) is 0 Å². The lowest BCUT2D eigenvalue weighted by atomic mass is 9.99. The van der Waals surface area contributed by atoms with Gasteiger partial charge in [0, 0.05) is 30.0 Å². The molecule has 0 atom stereocenters. The highest BCUT2D eigenvalue weighted by Crippen LogP contribution is 2.29. The number of amides is 1. The average Bonchev–Trinajstić information content (AvgIpc) is 3.04. The Morgan fingerprint density at radius 3 is 2.62 bits per heavy atom. The minimum Gasteiger partial charge on any atom is -0.338 e. The highest BCUT2D eigenvalue weighted by atomic mass is 79.9. The zero-order valence-corrected chi connectivity index (χ0v) is 14.0. The van der Waals surface area contributed by atoms with Crippen molar-refractivity contribution in [2.75, 3.05) is 13.1 Å². The number of aromatic nitrogens is 4. The fraction of sp³-hybridized carbons (Fsp3) is 0.188. The van der Waals surface area contributed by atoms with Crippen LogP contribution in [-0.2, 0) is 0 Å². The molecule has 1 amide bonds. The number of hydrogen-bond acceptors (Lipinski definition) is 6. The summed E-state index contributed by atoms with van der Waals surface area (Å²) in [5.41, 5.74) is 0.653. The van der Waals surface area contributed by atoms with Gasteiger partial charge in [0.1, 0.15) is 0 Å². The molecule has 1 aliphatic rings. The zero-order valence-electron chi connectivity index (χ0n) is 12.5. The molecule has 0 N–H and O–H groups in total. The molecule has 3 heterocycles. The van der Waals surface area contributed by atoms with Crippen molar-refractivity contribution < 1.29 is 9.32 Å². The Kier molecular flexibility index (Phi) is 3.81. The van der Waals surface area contributed by atoms with E-state index in [9.17, 15) is 4.79 Å². The van der Waals surface area contributed by atoms with E-state index in [4.69, 9.17) is 4.52 Å². The number of halogens is 1. The van der Waals surface area contributed by atoms with E-state index in [0.717, 1.165) is 4.47 Å². The molecule has 4 rings (SSSR count). The van der Waals surface area contributed by atoms with Crippen molar-refractivity contribution in [3.8, 4) is 11.6 Å². The predicted molar refractivity (Wildman–Crippen MR) is 88.1 cm³/mol. The highest BCUT2D eigenvalue weighted by Gasteiger charge is 2.36. The van der Waals surface area contributed by atoms with Gasteiger partial charge in [-0.2, -0.15) is 4.98 Å². The van der Waals surface area contributed by atoms with Crippen molar-refractivity contribution in [2.45, 2.75) is 5.92 Å². The van der Waals surface area contributed by atoms with Crippen molar-refractivity contribution in [1.82, 2.24) is 25.0 Å². The molecule has 2 aromatic heterocycles. The molecule has 7 nitrogen and oxygen atoms in total. The van der Waals surface area contributed by atoms with Gasteiger partial charge in [0.15, 0.2) is 0 Å². The fourth-order valence-corrected chi connectivity index (χ4v) is 2.97. The van der Waals surface area contributed by atoms with Gasteiger partial charge in [0.25, 0.3) is 5.91 Å². The van der Waals surface area contributed by atoms with Gasteiger partial charge in [-0.05, 0) is 34.1 Å². The van der Waals surface area contributed by atoms with Gasteiger partial charge < -0.3 is 9.42 Å². The van der Waals surface area contributed by atoms with E-state index >= 15 is 0 Å². The first-order chi connectivity index (χ1) is 11.7. The number of nitrogens with zero attached hydrogens (tertiary/aromatic N) is 5. The van der Waals surface area contributed by atoms with Crippen molar-refractivity contribution in [1.29, 1.82) is 0 Å². The Morgan fingerprint density at radius 1 is 1.12 bits per heavy atom. The molecule has 0 unspecified atom stereocenters. The second-order valence-corrected chi connectivity index (χ2v) is 6.27. The van der Waals surface area contributed by atoms with E-state index in [1.54, 1.807) is 29.4 Å². The first kappa shape index (κ1) is 14.9. The van der Waals surface area contributed by atoms with Crippen LogP contribution >= 0.6 is 15.9 Å². The van der Waals surface area contributed by atoms with Gasteiger partial charge in [0.05, 0.1) is 11.5 Å². The largest absolute Gasteiger partial charge is 0.338 e. The van der Waals surface area contributed by atoms with Crippen LogP contribution in [0.4, 0.5) is 0 Å². The predicted octanol–water partition coefficient (Wildman–Crippen LogP) is 2.53. The second-order valence-electron chi connectivity index (χ2n) is 5.42. The standard InChI is InChI=1S/C16H12BrN5O2/c17-12-5-2-1-4-11(12)16(23)22-8-10(9-22)15-20-14(21-24-15)13-18-6-3-7-19-13/h1-7,10H,8-9H2. The van der Waals surface area contributed by atoms with Crippen LogP contribution < -0.4 is 0 Å². The molecule has 3 aromatic rings. The van der Waals surface area contributed by atoms with E-state index in [2.05, 4.69) is 36.0 Å². The molecule has 0 aliphatic carbocycles. The first-order valence-corrected chi connectivity index (χ1v) is 8.16. The lowest BCUT2D eigenvalue weighted by Gasteiger charge is -2.37. The van der Waals surface area contributed by atoms with E-state index < -0.39 is 0 Å². The van der Waals surface area contributed by atoms with Crippen LogP contribution in [0.3, 0.4) is 0 Å². The van der Waals surface area contributed by atoms with Crippen LogP contribution in [0.2, 0.25) is 0 Å². The smallest absolute Gasteiger partial charge is 0.255 e. The van der Waals surface area contributed by atoms with Crippen LogP contribution in [0.5, 0.6) is 0 Å². The van der Waals surface area contributed by atoms with E-state index in [-0.39, 0.29) is 11.8 Å². The summed E-state index contributed by atoms with van der Waals surface area (Å²) in [6.07, 6.45) is 3.25. The molecule has 0 saturated carbocycles. The lowest BCUT2D eigenvalue weighted by Crippen LogP contribution is -2.48. The van der Waals surface area contributed by atoms with E-state index in [1.807, 2.05) is 18.2 Å². The van der Waals surface area contributed by atoms with Crippen LogP contribution in [0, 0.1) is 0 Å². The molecule has 0 radical (unpaired) electrons. The van der Waals surface area contributed by atoms with Gasteiger partial charge in [-0.25, -0.2) is 9.97 Å². The van der Waals surface area contributed by atoms with Gasteiger partial charge in [-0.1, -0.05) is 17.3 Å². The Balaban J connectivity index is 1.44. The quantitative estimate of drug-likeness (QED) is 0.688. The average molecular weight is 386 g/mol. The lowest BCUT2D eigenvalue weighted by molar-refractivity contribution is 0.0568. The number of benzene rings is 1. The normalized spacial score (nSPS) is 14.5. The first-order valence-electron chi connectivity index (χ1n) is 7.37. The van der Waals surface area contributed by atoms with Crippen LogP contribution in [0.15, 0.2) is 51.7 Å². The van der Waals surface area contributed by atoms with Crippen LogP contribution in [0.1, 0.15) is 22.2 Å². The minimum absolute atomic E-state index is 0.00939. The highest BCUT2D eigenvalue weighted by molar-refractivity contribution is 9.10. The summed E-state index contributed by atoms with van der Waals surface area (Å²) < 4.78 is 6.08. The Labute approximate surface area is 145 Å². The third-order valence-electron chi connectivity index (χ3n) is 3.83. The molecule has 1 saturated heterocycles. The molecule has 0 bridgehead atoms. The second kappa shape index (κ2) is 6.12. The monoisotopic (exact) mass is 385 g/mol. The molecule has 1 aromatic carbocycles. The summed E-state index contributed by atoms with van der Waals surface area (Å²) in [5, 5.41) is 3.91. The molecule has 1 fully saturated rings. The number of carbonyl (C=O) groups is 1. The Morgan fingerprint density at radius 2 is 1.88 bits per heavy atom. The van der Waals surface area contributed by atoms with Crippen molar-refractivity contribution in [3.05, 3.63) is 58.7 Å². The number of rotatable bonds is 3. The summed E-state index contributed by atoms with van der Waals surface area (Å²) in [6.45, 7) is 1.11. The van der Waals surface area contributed by atoms with Gasteiger partial charge in [-0.15, -0.1) is 0 Å². The number of carbonyl (C=O) groups excluding carboxylic acids is 1. The Hall–Kier alpha value is -2.61. The topological polar surface area (TPSA) is 85.0 Å². The maximum Gasteiger partial charge on any atom is 0.255 e. The number of hydrogen-bond donors (Lipinski definition) is 0. The third kappa shape index (κ3) is 2.69. The minimum atomic E-state index is -0.00939. The Bertz CT molecular complexity index is 877. The maximum atomic E-state index is 12.5. The summed E-state index contributed by atoms with van der Waals surface area (Å²) in [7, 11) is 0. The van der Waals surface area contributed by atoms with E-state index in [1.165, 1.54) is 0 Å². The summed E-state index contributed by atoms with van der Waals surface area (Å²) >= 11 is 3.41. The maximum absolute atomic E-state index is 12.5. The van der Waals surface area contributed by atoms with Gasteiger partial charge in [-0.3, -0.25) is 4.79 Å². The SMILES string of the molecule is O=C(c1ccccc1Br)N1CC(c2nc(-c3ncccn3)no2)C1. The van der Waals surface area contributed by atoms with Gasteiger partial charge >= 0.3 is 0 Å². The molecular weight excluding hydrogens is 374 g/mol. The molecule has 8 heteroatoms. The van der Waals surface area contributed by atoms with Crippen LogP contribution in [0.25, 0.3) is 11.6 Å². The molecule has 1 aliphatic heterocycles. The summed E-state index contributed by atoms with van der Waals surface area (Å²) in [6, 6.07) is 9.11. The third-order valence-corrected chi connectivity index (χ3v) is 4.52. The van der Waals surface area contributed by atoms with Crippen molar-refractivity contribution in [3.63, 3.8) is 0 Å².